The van der Waals surface area contributed by atoms with Gasteiger partial charge in [-0.05, 0) is 31.4 Å². The Morgan fingerprint density at radius 3 is 2.57 bits per heavy atom. The highest BCUT2D eigenvalue weighted by Gasteiger charge is 2.13. The first-order valence-electron chi connectivity index (χ1n) is 8.06. The lowest BCUT2D eigenvalue weighted by atomic mass is 9.98. The zero-order valence-corrected chi connectivity index (χ0v) is 13.1. The van der Waals surface area contributed by atoms with Crippen molar-refractivity contribution >= 4 is 17.4 Å². The van der Waals surface area contributed by atoms with E-state index in [1.165, 1.54) is 43.5 Å². The number of hydrogen-bond acceptors (Lipinski definition) is 4. The molecule has 7 heteroatoms. The van der Waals surface area contributed by atoms with Crippen LogP contribution >= 0.6 is 0 Å². The summed E-state index contributed by atoms with van der Waals surface area (Å²) >= 11 is 0. The van der Waals surface area contributed by atoms with Gasteiger partial charge < -0.3 is 15.4 Å². The van der Waals surface area contributed by atoms with E-state index in [1.807, 2.05) is 0 Å². The lowest BCUT2D eigenvalue weighted by Crippen LogP contribution is -2.30. The Labute approximate surface area is 135 Å². The number of non-ortho nitro benzene ring substituents is 1. The van der Waals surface area contributed by atoms with Gasteiger partial charge in [0.2, 0.25) is 0 Å². The van der Waals surface area contributed by atoms with Crippen molar-refractivity contribution in [1.29, 1.82) is 0 Å². The summed E-state index contributed by atoms with van der Waals surface area (Å²) in [6.07, 6.45) is 7.26. The van der Waals surface area contributed by atoms with Crippen molar-refractivity contribution in [2.75, 3.05) is 18.5 Å². The molecule has 0 bridgehead atoms. The molecule has 0 unspecified atom stereocenters. The molecule has 0 saturated heterocycles. The number of hydrogen-bond donors (Lipinski definition) is 2. The van der Waals surface area contributed by atoms with Crippen LogP contribution in [0.5, 0.6) is 0 Å². The first kappa shape index (κ1) is 17.2. The maximum atomic E-state index is 11.7. The Balaban J connectivity index is 1.58. The number of nitro benzene ring substituents is 1. The van der Waals surface area contributed by atoms with Crippen molar-refractivity contribution in [2.24, 2.45) is 0 Å². The molecular weight excluding hydrogens is 298 g/mol. The number of amides is 2. The number of anilines is 1. The molecule has 0 aromatic heterocycles. The van der Waals surface area contributed by atoms with E-state index in [0.29, 0.717) is 24.9 Å². The lowest BCUT2D eigenvalue weighted by Gasteiger charge is -2.21. The van der Waals surface area contributed by atoms with E-state index in [1.54, 1.807) is 0 Å². The molecule has 0 heterocycles. The highest BCUT2D eigenvalue weighted by atomic mass is 16.6. The van der Waals surface area contributed by atoms with Gasteiger partial charge in [0.15, 0.2) is 0 Å². The average molecular weight is 321 g/mol. The van der Waals surface area contributed by atoms with Gasteiger partial charge in [-0.3, -0.25) is 10.1 Å². The zero-order chi connectivity index (χ0) is 16.5. The highest BCUT2D eigenvalue weighted by molar-refractivity contribution is 5.89. The standard InChI is InChI=1S/C16H23N3O4/c20-16(18-13-7-9-14(10-8-13)19(21)22)17-11-4-12-23-15-5-2-1-3-6-15/h7-10,15H,1-6,11-12H2,(H2,17,18,20). The Morgan fingerprint density at radius 1 is 1.22 bits per heavy atom. The second kappa shape index (κ2) is 9.09. The number of urea groups is 1. The predicted molar refractivity (Wildman–Crippen MR) is 87.6 cm³/mol. The third kappa shape index (κ3) is 6.23. The number of carbonyl (C=O) groups excluding carboxylic acids is 1. The van der Waals surface area contributed by atoms with E-state index in [9.17, 15) is 14.9 Å². The summed E-state index contributed by atoms with van der Waals surface area (Å²) in [5.41, 5.74) is 0.516. The molecule has 0 atom stereocenters. The summed E-state index contributed by atoms with van der Waals surface area (Å²) in [4.78, 5) is 21.8. The first-order chi connectivity index (χ1) is 11.1. The number of nitrogens with one attached hydrogen (secondary N) is 2. The fourth-order valence-corrected chi connectivity index (χ4v) is 2.60. The molecule has 0 radical (unpaired) electrons. The van der Waals surface area contributed by atoms with Crippen molar-refractivity contribution in [3.05, 3.63) is 34.4 Å². The number of benzene rings is 1. The normalized spacial score (nSPS) is 15.1. The van der Waals surface area contributed by atoms with Crippen LogP contribution in [-0.4, -0.2) is 30.2 Å². The zero-order valence-electron chi connectivity index (χ0n) is 13.1. The molecule has 126 valence electrons. The summed E-state index contributed by atoms with van der Waals surface area (Å²) in [7, 11) is 0. The van der Waals surface area contributed by atoms with Crippen molar-refractivity contribution in [3.8, 4) is 0 Å². The minimum absolute atomic E-state index is 0.00387. The van der Waals surface area contributed by atoms with Crippen molar-refractivity contribution in [1.82, 2.24) is 5.32 Å². The molecule has 1 fully saturated rings. The van der Waals surface area contributed by atoms with Crippen molar-refractivity contribution in [3.63, 3.8) is 0 Å². The van der Waals surface area contributed by atoms with Gasteiger partial charge >= 0.3 is 6.03 Å². The SMILES string of the molecule is O=C(NCCCOC1CCCCC1)Nc1ccc([N+](=O)[O-])cc1. The maximum absolute atomic E-state index is 11.7. The first-order valence-corrected chi connectivity index (χ1v) is 8.06. The molecule has 0 spiro atoms. The Hall–Kier alpha value is -2.15. The van der Waals surface area contributed by atoms with Crippen LogP contribution < -0.4 is 10.6 Å². The fourth-order valence-electron chi connectivity index (χ4n) is 2.60. The smallest absolute Gasteiger partial charge is 0.319 e. The van der Waals surface area contributed by atoms with Gasteiger partial charge in [-0.15, -0.1) is 0 Å². The van der Waals surface area contributed by atoms with Crippen LogP contribution in [-0.2, 0) is 4.74 Å². The van der Waals surface area contributed by atoms with Crippen LogP contribution in [0.4, 0.5) is 16.2 Å². The molecule has 23 heavy (non-hydrogen) atoms. The number of nitrogens with zero attached hydrogens (tertiary/aromatic N) is 1. The number of carbonyl (C=O) groups is 1. The van der Waals surface area contributed by atoms with Gasteiger partial charge in [-0.25, -0.2) is 4.79 Å². The third-order valence-electron chi connectivity index (χ3n) is 3.85. The van der Waals surface area contributed by atoms with Gasteiger partial charge in [-0.2, -0.15) is 0 Å². The van der Waals surface area contributed by atoms with E-state index < -0.39 is 4.92 Å². The molecule has 1 aromatic rings. The predicted octanol–water partition coefficient (Wildman–Crippen LogP) is 3.46. The number of nitro groups is 1. The quantitative estimate of drug-likeness (QED) is 0.457. The molecule has 1 saturated carbocycles. The highest BCUT2D eigenvalue weighted by Crippen LogP contribution is 2.20. The van der Waals surface area contributed by atoms with E-state index in [2.05, 4.69) is 10.6 Å². The third-order valence-corrected chi connectivity index (χ3v) is 3.85. The van der Waals surface area contributed by atoms with Crippen LogP contribution in [0.2, 0.25) is 0 Å². The summed E-state index contributed by atoms with van der Waals surface area (Å²) in [5, 5.41) is 15.9. The lowest BCUT2D eigenvalue weighted by molar-refractivity contribution is -0.384. The van der Waals surface area contributed by atoms with Crippen LogP contribution in [0.25, 0.3) is 0 Å². The molecule has 1 aliphatic carbocycles. The Kier molecular flexibility index (Phi) is 6.80. The maximum Gasteiger partial charge on any atom is 0.319 e. The van der Waals surface area contributed by atoms with Gasteiger partial charge in [-0.1, -0.05) is 19.3 Å². The minimum atomic E-state index is -0.476. The average Bonchev–Trinajstić information content (AvgIpc) is 2.56. The van der Waals surface area contributed by atoms with E-state index in [0.717, 1.165) is 19.3 Å². The molecule has 7 nitrogen and oxygen atoms in total. The molecular formula is C16H23N3O4. The van der Waals surface area contributed by atoms with E-state index in [-0.39, 0.29) is 11.7 Å². The van der Waals surface area contributed by atoms with Crippen LogP contribution in [0, 0.1) is 10.1 Å². The molecule has 1 aromatic carbocycles. The minimum Gasteiger partial charge on any atom is -0.378 e. The molecule has 0 aliphatic heterocycles. The topological polar surface area (TPSA) is 93.5 Å². The van der Waals surface area contributed by atoms with Crippen LogP contribution in [0.1, 0.15) is 38.5 Å². The molecule has 2 rings (SSSR count). The van der Waals surface area contributed by atoms with Crippen molar-refractivity contribution in [2.45, 2.75) is 44.6 Å². The largest absolute Gasteiger partial charge is 0.378 e. The van der Waals surface area contributed by atoms with Crippen molar-refractivity contribution < 1.29 is 14.5 Å². The Morgan fingerprint density at radius 2 is 1.91 bits per heavy atom. The van der Waals surface area contributed by atoms with Gasteiger partial charge in [0.25, 0.3) is 5.69 Å². The number of ether oxygens (including phenoxy) is 1. The molecule has 2 amide bonds. The van der Waals surface area contributed by atoms with Gasteiger partial charge in [0.05, 0.1) is 11.0 Å². The monoisotopic (exact) mass is 321 g/mol. The van der Waals surface area contributed by atoms with E-state index >= 15 is 0 Å². The summed E-state index contributed by atoms with van der Waals surface area (Å²) in [6, 6.07) is 5.39. The van der Waals surface area contributed by atoms with Crippen LogP contribution in [0.3, 0.4) is 0 Å². The Bertz CT molecular complexity index is 513. The second-order valence-corrected chi connectivity index (χ2v) is 5.67. The number of rotatable bonds is 7. The fraction of sp³-hybridized carbons (Fsp3) is 0.562. The van der Waals surface area contributed by atoms with Gasteiger partial charge in [0.1, 0.15) is 0 Å². The summed E-state index contributed by atoms with van der Waals surface area (Å²) in [5.74, 6) is 0. The second-order valence-electron chi connectivity index (χ2n) is 5.67. The molecule has 2 N–H and O–H groups in total. The summed E-state index contributed by atoms with van der Waals surface area (Å²) < 4.78 is 5.78. The van der Waals surface area contributed by atoms with Crippen LogP contribution in [0.15, 0.2) is 24.3 Å². The molecule has 1 aliphatic rings. The summed E-state index contributed by atoms with van der Waals surface area (Å²) in [6.45, 7) is 1.19. The van der Waals surface area contributed by atoms with Gasteiger partial charge in [0, 0.05) is 31.0 Å². The van der Waals surface area contributed by atoms with E-state index in [4.69, 9.17) is 4.74 Å².